The van der Waals surface area contributed by atoms with Crippen molar-refractivity contribution in [3.8, 4) is 0 Å². The molecule has 19 heavy (non-hydrogen) atoms. The first kappa shape index (κ1) is 13.9. The largest absolute Gasteiger partial charge is 0.370 e. The highest BCUT2D eigenvalue weighted by molar-refractivity contribution is 5.73. The monoisotopic (exact) mass is 264 g/mol. The minimum atomic E-state index is -0.292. The van der Waals surface area contributed by atoms with E-state index in [4.69, 9.17) is 5.73 Å². The van der Waals surface area contributed by atoms with Crippen molar-refractivity contribution in [2.75, 3.05) is 5.32 Å². The Kier molecular flexibility index (Phi) is 4.45. The Morgan fingerprint density at radius 3 is 3.00 bits per heavy atom. The van der Waals surface area contributed by atoms with Gasteiger partial charge in [0, 0.05) is 31.3 Å². The van der Waals surface area contributed by atoms with Crippen LogP contribution in [0.4, 0.5) is 5.82 Å². The van der Waals surface area contributed by atoms with E-state index in [-0.39, 0.29) is 5.91 Å². The van der Waals surface area contributed by atoms with E-state index >= 15 is 0 Å². The van der Waals surface area contributed by atoms with E-state index in [2.05, 4.69) is 24.3 Å². The normalized spacial score (nSPS) is 27.2. The van der Waals surface area contributed by atoms with Crippen LogP contribution in [0.2, 0.25) is 0 Å². The molecule has 0 unspecified atom stereocenters. The first-order valence-electron chi connectivity index (χ1n) is 7.13. The third kappa shape index (κ3) is 3.98. The van der Waals surface area contributed by atoms with Crippen LogP contribution in [0.3, 0.4) is 0 Å². The maximum absolute atomic E-state index is 10.7. The van der Waals surface area contributed by atoms with E-state index < -0.39 is 0 Å². The summed E-state index contributed by atoms with van der Waals surface area (Å²) < 4.78 is 1.77. The SMILES string of the molecule is C[C@@H]1CC[C@H](Nc2ccn(CCC(N)=O)n2)[C@H](C)C1. The molecule has 2 rings (SSSR count). The van der Waals surface area contributed by atoms with Gasteiger partial charge in [-0.2, -0.15) is 5.10 Å². The van der Waals surface area contributed by atoms with Gasteiger partial charge in [0.2, 0.25) is 5.91 Å². The molecule has 1 saturated carbocycles. The molecule has 0 aromatic carbocycles. The number of amides is 1. The number of carbonyl (C=O) groups is 1. The van der Waals surface area contributed by atoms with Crippen molar-refractivity contribution in [3.05, 3.63) is 12.3 Å². The first-order chi connectivity index (χ1) is 9.04. The van der Waals surface area contributed by atoms with E-state index in [1.807, 2.05) is 12.3 Å². The van der Waals surface area contributed by atoms with Crippen molar-refractivity contribution >= 4 is 11.7 Å². The fraction of sp³-hybridized carbons (Fsp3) is 0.714. The molecule has 1 amide bonds. The van der Waals surface area contributed by atoms with Gasteiger partial charge in [0.05, 0.1) is 0 Å². The fourth-order valence-electron chi connectivity index (χ4n) is 2.86. The van der Waals surface area contributed by atoms with Crippen LogP contribution in [0.1, 0.15) is 39.5 Å². The second-order valence-electron chi connectivity index (χ2n) is 5.83. The van der Waals surface area contributed by atoms with Gasteiger partial charge in [-0.1, -0.05) is 13.8 Å². The zero-order valence-corrected chi connectivity index (χ0v) is 11.8. The number of primary amides is 1. The standard InChI is InChI=1S/C14H24N4O/c1-10-3-4-12(11(2)9-10)16-14-6-8-18(17-14)7-5-13(15)19/h6,8,10-12H,3-5,7,9H2,1-2H3,(H2,15,19)(H,16,17)/t10-,11-,12+/m1/s1. The summed E-state index contributed by atoms with van der Waals surface area (Å²) in [7, 11) is 0. The number of nitrogens with zero attached hydrogens (tertiary/aromatic N) is 2. The Balaban J connectivity index is 1.87. The van der Waals surface area contributed by atoms with Crippen LogP contribution in [-0.4, -0.2) is 21.7 Å². The van der Waals surface area contributed by atoms with Crippen molar-refractivity contribution in [2.24, 2.45) is 17.6 Å². The summed E-state index contributed by atoms with van der Waals surface area (Å²) in [5, 5.41) is 7.94. The summed E-state index contributed by atoms with van der Waals surface area (Å²) in [5.41, 5.74) is 5.13. The number of nitrogens with one attached hydrogen (secondary N) is 1. The molecule has 3 atom stereocenters. The van der Waals surface area contributed by atoms with Gasteiger partial charge in [-0.25, -0.2) is 0 Å². The molecule has 0 bridgehead atoms. The van der Waals surface area contributed by atoms with E-state index in [0.29, 0.717) is 24.9 Å². The summed E-state index contributed by atoms with van der Waals surface area (Å²) in [4.78, 5) is 10.7. The van der Waals surface area contributed by atoms with Crippen molar-refractivity contribution in [3.63, 3.8) is 0 Å². The molecule has 1 aliphatic rings. The molecule has 5 heteroatoms. The number of hydrogen-bond donors (Lipinski definition) is 2. The number of aromatic nitrogens is 2. The molecule has 1 fully saturated rings. The average Bonchev–Trinajstić information content (AvgIpc) is 2.78. The van der Waals surface area contributed by atoms with E-state index in [1.165, 1.54) is 19.3 Å². The highest BCUT2D eigenvalue weighted by Gasteiger charge is 2.25. The van der Waals surface area contributed by atoms with Gasteiger partial charge in [-0.15, -0.1) is 0 Å². The van der Waals surface area contributed by atoms with Crippen LogP contribution >= 0.6 is 0 Å². The molecule has 1 aromatic heterocycles. The van der Waals surface area contributed by atoms with Gasteiger partial charge in [-0.3, -0.25) is 9.48 Å². The number of carbonyl (C=O) groups excluding carboxylic acids is 1. The van der Waals surface area contributed by atoms with Crippen LogP contribution in [0.5, 0.6) is 0 Å². The lowest BCUT2D eigenvalue weighted by molar-refractivity contribution is -0.118. The van der Waals surface area contributed by atoms with E-state index in [9.17, 15) is 4.79 Å². The second kappa shape index (κ2) is 6.08. The highest BCUT2D eigenvalue weighted by Crippen LogP contribution is 2.30. The molecule has 1 aliphatic carbocycles. The van der Waals surface area contributed by atoms with Gasteiger partial charge in [0.15, 0.2) is 0 Å². The Labute approximate surface area is 114 Å². The second-order valence-corrected chi connectivity index (χ2v) is 5.83. The minimum Gasteiger partial charge on any atom is -0.370 e. The average molecular weight is 264 g/mol. The summed E-state index contributed by atoms with van der Waals surface area (Å²) in [6.07, 6.45) is 5.99. The number of anilines is 1. The minimum absolute atomic E-state index is 0.292. The lowest BCUT2D eigenvalue weighted by Gasteiger charge is -2.33. The molecule has 3 N–H and O–H groups in total. The first-order valence-corrected chi connectivity index (χ1v) is 7.13. The van der Waals surface area contributed by atoms with Gasteiger partial charge in [-0.05, 0) is 31.1 Å². The molecule has 1 heterocycles. The van der Waals surface area contributed by atoms with Gasteiger partial charge >= 0.3 is 0 Å². The third-order valence-corrected chi connectivity index (χ3v) is 3.99. The summed E-state index contributed by atoms with van der Waals surface area (Å²) in [6.45, 7) is 5.18. The van der Waals surface area contributed by atoms with Crippen molar-refractivity contribution in [2.45, 2.75) is 52.1 Å². The van der Waals surface area contributed by atoms with Crippen LogP contribution in [0.25, 0.3) is 0 Å². The fourth-order valence-corrected chi connectivity index (χ4v) is 2.86. The third-order valence-electron chi connectivity index (χ3n) is 3.99. The van der Waals surface area contributed by atoms with Crippen LogP contribution < -0.4 is 11.1 Å². The molecular weight excluding hydrogens is 240 g/mol. The maximum Gasteiger partial charge on any atom is 0.219 e. The van der Waals surface area contributed by atoms with E-state index in [0.717, 1.165) is 11.7 Å². The number of rotatable bonds is 5. The van der Waals surface area contributed by atoms with Crippen molar-refractivity contribution in [1.82, 2.24) is 9.78 Å². The van der Waals surface area contributed by atoms with Crippen LogP contribution in [-0.2, 0) is 11.3 Å². The lowest BCUT2D eigenvalue weighted by atomic mass is 9.80. The van der Waals surface area contributed by atoms with Gasteiger partial charge in [0.1, 0.15) is 5.82 Å². The highest BCUT2D eigenvalue weighted by atomic mass is 16.1. The molecular formula is C14H24N4O. The number of nitrogens with two attached hydrogens (primary N) is 1. The predicted molar refractivity (Wildman–Crippen MR) is 75.6 cm³/mol. The van der Waals surface area contributed by atoms with Crippen molar-refractivity contribution in [1.29, 1.82) is 0 Å². The van der Waals surface area contributed by atoms with Gasteiger partial charge in [0.25, 0.3) is 0 Å². The molecule has 0 aliphatic heterocycles. The lowest BCUT2D eigenvalue weighted by Crippen LogP contribution is -2.33. The van der Waals surface area contributed by atoms with E-state index in [1.54, 1.807) is 4.68 Å². The summed E-state index contributed by atoms with van der Waals surface area (Å²) >= 11 is 0. The number of aryl methyl sites for hydroxylation is 1. The van der Waals surface area contributed by atoms with Crippen molar-refractivity contribution < 1.29 is 4.79 Å². The molecule has 5 nitrogen and oxygen atoms in total. The molecule has 0 saturated heterocycles. The Morgan fingerprint density at radius 1 is 1.53 bits per heavy atom. The quantitative estimate of drug-likeness (QED) is 0.854. The maximum atomic E-state index is 10.7. The zero-order chi connectivity index (χ0) is 13.8. The Bertz CT molecular complexity index is 429. The molecule has 0 radical (unpaired) electrons. The molecule has 1 aromatic rings. The zero-order valence-electron chi connectivity index (χ0n) is 11.8. The summed E-state index contributed by atoms with van der Waals surface area (Å²) in [6, 6.07) is 2.47. The predicted octanol–water partition coefficient (Wildman–Crippen LogP) is 2.00. The Hall–Kier alpha value is -1.52. The topological polar surface area (TPSA) is 72.9 Å². The Morgan fingerprint density at radius 2 is 2.32 bits per heavy atom. The summed E-state index contributed by atoms with van der Waals surface area (Å²) in [5.74, 6) is 2.12. The van der Waals surface area contributed by atoms with Gasteiger partial charge < -0.3 is 11.1 Å². The molecule has 106 valence electrons. The van der Waals surface area contributed by atoms with Crippen LogP contribution in [0, 0.1) is 11.8 Å². The molecule has 0 spiro atoms. The smallest absolute Gasteiger partial charge is 0.219 e. The van der Waals surface area contributed by atoms with Crippen LogP contribution in [0.15, 0.2) is 12.3 Å². The number of hydrogen-bond acceptors (Lipinski definition) is 3.